The van der Waals surface area contributed by atoms with Crippen LogP contribution in [0, 0.1) is 6.92 Å². The fourth-order valence-corrected chi connectivity index (χ4v) is 7.37. The second-order valence-corrected chi connectivity index (χ2v) is 13.2. The first-order valence-corrected chi connectivity index (χ1v) is 18.1. The molecule has 0 amide bonds. The summed E-state index contributed by atoms with van der Waals surface area (Å²) in [6.07, 6.45) is 14.0. The molecule has 2 heterocycles. The lowest BCUT2D eigenvalue weighted by Crippen LogP contribution is -2.05. The number of benzene rings is 5. The molecule has 8 rings (SSSR count). The van der Waals surface area contributed by atoms with Crippen molar-refractivity contribution in [1.29, 1.82) is 0 Å². The average molecular weight is 673 g/mol. The first-order valence-electron chi connectivity index (χ1n) is 18.1. The van der Waals surface area contributed by atoms with Crippen LogP contribution < -0.4 is 0 Å². The van der Waals surface area contributed by atoms with Crippen LogP contribution in [0.4, 0.5) is 0 Å². The second-order valence-electron chi connectivity index (χ2n) is 13.2. The Bertz CT molecular complexity index is 2400. The minimum Gasteiger partial charge on any atom is -0.261 e. The van der Waals surface area contributed by atoms with E-state index in [-0.39, 0.29) is 0 Å². The van der Waals surface area contributed by atoms with E-state index in [9.17, 15) is 0 Å². The van der Waals surface area contributed by atoms with E-state index in [1.54, 1.807) is 0 Å². The maximum atomic E-state index is 5.15. The highest BCUT2D eigenvalue weighted by molar-refractivity contribution is 5.87. The molecule has 252 valence electrons. The van der Waals surface area contributed by atoms with Gasteiger partial charge in [-0.05, 0) is 120 Å². The van der Waals surface area contributed by atoms with Gasteiger partial charge in [-0.25, -0.2) is 15.0 Å². The zero-order valence-electron chi connectivity index (χ0n) is 29.8. The van der Waals surface area contributed by atoms with Gasteiger partial charge in [0.2, 0.25) is 0 Å². The van der Waals surface area contributed by atoms with Gasteiger partial charge in [-0.15, -0.1) is 0 Å². The molecule has 0 unspecified atom stereocenters. The van der Waals surface area contributed by atoms with Crippen LogP contribution in [-0.2, 0) is 12.8 Å². The molecule has 0 saturated heterocycles. The third-order valence-corrected chi connectivity index (χ3v) is 9.89. The summed E-state index contributed by atoms with van der Waals surface area (Å²) >= 11 is 0. The lowest BCUT2D eigenvalue weighted by Gasteiger charge is -2.22. The van der Waals surface area contributed by atoms with E-state index in [4.69, 9.17) is 15.0 Å². The molecule has 0 atom stereocenters. The zero-order valence-corrected chi connectivity index (χ0v) is 29.8. The molecular formula is C48H40N4. The van der Waals surface area contributed by atoms with E-state index in [0.29, 0.717) is 17.5 Å². The van der Waals surface area contributed by atoms with Gasteiger partial charge in [-0.1, -0.05) is 116 Å². The highest BCUT2D eigenvalue weighted by Crippen LogP contribution is 2.40. The molecule has 2 aromatic heterocycles. The Kier molecular flexibility index (Phi) is 9.20. The largest absolute Gasteiger partial charge is 0.261 e. The quantitative estimate of drug-likeness (QED) is 0.161. The minimum atomic E-state index is 0.635. The van der Waals surface area contributed by atoms with Crippen LogP contribution in [0.15, 0.2) is 140 Å². The summed E-state index contributed by atoms with van der Waals surface area (Å²) in [5, 5.41) is 0. The highest BCUT2D eigenvalue weighted by atomic mass is 15.0. The topological polar surface area (TPSA) is 51.6 Å². The van der Waals surface area contributed by atoms with Crippen LogP contribution >= 0.6 is 0 Å². The third kappa shape index (κ3) is 6.52. The number of allylic oxidation sites excluding steroid dienone is 2. The van der Waals surface area contributed by atoms with Crippen molar-refractivity contribution < 1.29 is 0 Å². The molecule has 1 aliphatic rings. The number of pyridine rings is 1. The van der Waals surface area contributed by atoms with Crippen LogP contribution in [0.3, 0.4) is 0 Å². The average Bonchev–Trinajstić information content (AvgIpc) is 3.21. The molecule has 52 heavy (non-hydrogen) atoms. The molecule has 0 bridgehead atoms. The Balaban J connectivity index is 1.40. The van der Waals surface area contributed by atoms with Gasteiger partial charge in [0.1, 0.15) is 0 Å². The van der Waals surface area contributed by atoms with Crippen LogP contribution in [0.1, 0.15) is 48.2 Å². The normalized spacial score (nSPS) is 12.3. The van der Waals surface area contributed by atoms with Crippen LogP contribution in [-0.4, -0.2) is 19.9 Å². The molecule has 0 fully saturated rings. The standard InChI is InChI=1S/C48H40N4/c1-4-16-44-41(5-2)43-24-13-12-21-37(43)31-45(44)39-28-38(35-22-14-23-36(27-35)42-25-15-26-49-32(42)3)29-40(30-39)48-51-46(33-17-8-6-9-18-33)50-47(52-48)34-19-10-7-11-20-34/h4,6-12,14-23,25-31H,5,13,24H2,1-3H3/b16-4-. The molecule has 0 radical (unpaired) electrons. The molecule has 4 heteroatoms. The Morgan fingerprint density at radius 1 is 0.596 bits per heavy atom. The van der Waals surface area contributed by atoms with E-state index in [2.05, 4.69) is 129 Å². The van der Waals surface area contributed by atoms with Gasteiger partial charge in [0.25, 0.3) is 0 Å². The second kappa shape index (κ2) is 14.5. The van der Waals surface area contributed by atoms with Gasteiger partial charge in [-0.2, -0.15) is 0 Å². The summed E-state index contributed by atoms with van der Waals surface area (Å²) < 4.78 is 0. The summed E-state index contributed by atoms with van der Waals surface area (Å²) in [6, 6.07) is 42.4. The van der Waals surface area contributed by atoms with Crippen molar-refractivity contribution >= 4 is 12.2 Å². The molecule has 0 saturated carbocycles. The summed E-state index contributed by atoms with van der Waals surface area (Å²) in [5.41, 5.74) is 16.1. The number of hydrogen-bond donors (Lipinski definition) is 0. The molecule has 5 aromatic carbocycles. The number of fused-ring (bicyclic) bond motifs is 1. The van der Waals surface area contributed by atoms with E-state index in [0.717, 1.165) is 69.5 Å². The number of hydrogen-bond acceptors (Lipinski definition) is 4. The van der Waals surface area contributed by atoms with Gasteiger partial charge < -0.3 is 0 Å². The first-order chi connectivity index (χ1) is 25.6. The van der Waals surface area contributed by atoms with E-state index in [1.807, 2.05) is 48.7 Å². The maximum absolute atomic E-state index is 5.15. The molecule has 0 aliphatic heterocycles. The smallest absolute Gasteiger partial charge is 0.164 e. The van der Waals surface area contributed by atoms with Crippen LogP contribution in [0.2, 0.25) is 0 Å². The summed E-state index contributed by atoms with van der Waals surface area (Å²) in [4.78, 5) is 19.9. The van der Waals surface area contributed by atoms with Gasteiger partial charge in [-0.3, -0.25) is 4.98 Å². The fraction of sp³-hybridized carbons (Fsp3) is 0.125. The molecule has 7 aromatic rings. The number of rotatable bonds is 8. The Morgan fingerprint density at radius 3 is 1.88 bits per heavy atom. The van der Waals surface area contributed by atoms with Gasteiger partial charge in [0.05, 0.1) is 0 Å². The van der Waals surface area contributed by atoms with E-state index in [1.165, 1.54) is 27.8 Å². The summed E-state index contributed by atoms with van der Waals surface area (Å²) in [5.74, 6) is 1.93. The van der Waals surface area contributed by atoms with Gasteiger partial charge in [0, 0.05) is 34.1 Å². The van der Waals surface area contributed by atoms with Crippen molar-refractivity contribution in [3.05, 3.63) is 168 Å². The van der Waals surface area contributed by atoms with Crippen molar-refractivity contribution in [2.24, 2.45) is 0 Å². The first kappa shape index (κ1) is 32.9. The predicted octanol–water partition coefficient (Wildman–Crippen LogP) is 12.1. The molecule has 0 spiro atoms. The SMILES string of the molecule is C/C=C\c1c(-c2cc(-c3cccc(-c4cccnc4C)c3)cc(-c3nc(-c4ccccc4)nc(-c4ccccc4)n3)c2)cc2c(c1CC)CCC=C2. The summed E-state index contributed by atoms with van der Waals surface area (Å²) in [6.45, 7) is 6.45. The lowest BCUT2D eigenvalue weighted by molar-refractivity contribution is 0.944. The fourth-order valence-electron chi connectivity index (χ4n) is 7.37. The lowest BCUT2D eigenvalue weighted by atomic mass is 9.82. The molecular weight excluding hydrogens is 633 g/mol. The molecule has 4 nitrogen and oxygen atoms in total. The Labute approximate surface area is 306 Å². The van der Waals surface area contributed by atoms with Gasteiger partial charge in [0.15, 0.2) is 17.5 Å². The number of nitrogens with zero attached hydrogens (tertiary/aromatic N) is 4. The van der Waals surface area contributed by atoms with E-state index < -0.39 is 0 Å². The molecule has 1 aliphatic carbocycles. The third-order valence-electron chi connectivity index (χ3n) is 9.89. The summed E-state index contributed by atoms with van der Waals surface area (Å²) in [7, 11) is 0. The Morgan fingerprint density at radius 2 is 1.21 bits per heavy atom. The minimum absolute atomic E-state index is 0.635. The van der Waals surface area contributed by atoms with Crippen LogP contribution in [0.25, 0.3) is 79.7 Å². The monoisotopic (exact) mass is 672 g/mol. The van der Waals surface area contributed by atoms with Crippen molar-refractivity contribution in [2.45, 2.75) is 40.0 Å². The van der Waals surface area contributed by atoms with Crippen LogP contribution in [0.5, 0.6) is 0 Å². The van der Waals surface area contributed by atoms with Crippen molar-refractivity contribution in [1.82, 2.24) is 19.9 Å². The van der Waals surface area contributed by atoms with Crippen molar-refractivity contribution in [2.75, 3.05) is 0 Å². The highest BCUT2D eigenvalue weighted by Gasteiger charge is 2.20. The van der Waals surface area contributed by atoms with Crippen molar-refractivity contribution in [3.63, 3.8) is 0 Å². The maximum Gasteiger partial charge on any atom is 0.164 e. The van der Waals surface area contributed by atoms with Gasteiger partial charge >= 0.3 is 0 Å². The zero-order chi connectivity index (χ0) is 35.4. The predicted molar refractivity (Wildman–Crippen MR) is 216 cm³/mol. The van der Waals surface area contributed by atoms with Crippen molar-refractivity contribution in [3.8, 4) is 67.5 Å². The Hall–Kier alpha value is -6.26. The van der Waals surface area contributed by atoms with E-state index >= 15 is 0 Å². The number of aryl methyl sites for hydroxylation is 1. The number of aromatic nitrogens is 4. The molecule has 0 N–H and O–H groups in total.